The molecule has 2 rings (SSSR count). The lowest BCUT2D eigenvalue weighted by atomic mass is 10.2. The third-order valence-electron chi connectivity index (χ3n) is 2.97. The fourth-order valence-corrected chi connectivity index (χ4v) is 1.80. The summed E-state index contributed by atoms with van der Waals surface area (Å²) >= 11 is 0. The van der Waals surface area contributed by atoms with E-state index >= 15 is 0 Å². The number of hydrogen-bond donors (Lipinski definition) is 0. The topological polar surface area (TPSA) is 61.8 Å². The molecular formula is C19H20O5. The Morgan fingerprint density at radius 3 is 2.21 bits per heavy atom. The van der Waals surface area contributed by atoms with Gasteiger partial charge in [-0.1, -0.05) is 32.0 Å². The van der Waals surface area contributed by atoms with Crippen LogP contribution in [0.15, 0.2) is 54.6 Å². The summed E-state index contributed by atoms with van der Waals surface area (Å²) in [4.78, 5) is 23.5. The SMILES string of the molecule is CC(C)COC(=O)c1ccc(OC(=O)COc2ccccc2)cc1. The lowest BCUT2D eigenvalue weighted by Crippen LogP contribution is -2.17. The maximum atomic E-state index is 11.8. The van der Waals surface area contributed by atoms with Crippen molar-refractivity contribution < 1.29 is 23.8 Å². The molecule has 0 N–H and O–H groups in total. The molecule has 0 aromatic heterocycles. The van der Waals surface area contributed by atoms with E-state index in [1.807, 2.05) is 32.0 Å². The molecule has 0 aliphatic rings. The van der Waals surface area contributed by atoms with Crippen molar-refractivity contribution >= 4 is 11.9 Å². The van der Waals surface area contributed by atoms with Crippen LogP contribution < -0.4 is 9.47 Å². The highest BCUT2D eigenvalue weighted by atomic mass is 16.6. The normalized spacial score (nSPS) is 10.3. The molecule has 126 valence electrons. The fraction of sp³-hybridized carbons (Fsp3) is 0.263. The molecule has 2 aromatic carbocycles. The monoisotopic (exact) mass is 328 g/mol. The van der Waals surface area contributed by atoms with Crippen LogP contribution in [-0.2, 0) is 9.53 Å². The summed E-state index contributed by atoms with van der Waals surface area (Å²) in [6.07, 6.45) is 0. The van der Waals surface area contributed by atoms with E-state index in [-0.39, 0.29) is 12.5 Å². The van der Waals surface area contributed by atoms with Crippen LogP contribution in [-0.4, -0.2) is 25.2 Å². The van der Waals surface area contributed by atoms with Crippen LogP contribution in [0.5, 0.6) is 11.5 Å². The van der Waals surface area contributed by atoms with Gasteiger partial charge in [0.1, 0.15) is 11.5 Å². The Kier molecular flexibility index (Phi) is 6.37. The maximum absolute atomic E-state index is 11.8. The second kappa shape index (κ2) is 8.72. The Hall–Kier alpha value is -2.82. The van der Waals surface area contributed by atoms with Gasteiger partial charge in [-0.25, -0.2) is 9.59 Å². The van der Waals surface area contributed by atoms with Gasteiger partial charge < -0.3 is 14.2 Å². The van der Waals surface area contributed by atoms with Gasteiger partial charge in [0.2, 0.25) is 0 Å². The highest BCUT2D eigenvalue weighted by molar-refractivity contribution is 5.89. The number of benzene rings is 2. The first kappa shape index (κ1) is 17.5. The first-order chi connectivity index (χ1) is 11.5. The number of hydrogen-bond acceptors (Lipinski definition) is 5. The first-order valence-corrected chi connectivity index (χ1v) is 7.70. The van der Waals surface area contributed by atoms with E-state index in [1.165, 1.54) is 0 Å². The van der Waals surface area contributed by atoms with E-state index in [1.54, 1.807) is 36.4 Å². The molecule has 0 unspecified atom stereocenters. The minimum Gasteiger partial charge on any atom is -0.482 e. The van der Waals surface area contributed by atoms with Gasteiger partial charge in [0.15, 0.2) is 6.61 Å². The van der Waals surface area contributed by atoms with Crippen molar-refractivity contribution in [1.82, 2.24) is 0 Å². The number of carbonyl (C=O) groups excluding carboxylic acids is 2. The van der Waals surface area contributed by atoms with Crippen LogP contribution in [0.3, 0.4) is 0 Å². The van der Waals surface area contributed by atoms with Crippen LogP contribution >= 0.6 is 0 Å². The molecule has 0 fully saturated rings. The van der Waals surface area contributed by atoms with E-state index in [0.29, 0.717) is 23.7 Å². The van der Waals surface area contributed by atoms with E-state index in [0.717, 1.165) is 0 Å². The van der Waals surface area contributed by atoms with Crippen LogP contribution in [0.25, 0.3) is 0 Å². The number of ether oxygens (including phenoxy) is 3. The third kappa shape index (κ3) is 5.76. The number of esters is 2. The molecule has 0 heterocycles. The number of carbonyl (C=O) groups is 2. The highest BCUT2D eigenvalue weighted by Crippen LogP contribution is 2.14. The Labute approximate surface area is 141 Å². The van der Waals surface area contributed by atoms with E-state index in [2.05, 4.69) is 0 Å². The lowest BCUT2D eigenvalue weighted by Gasteiger charge is -2.08. The van der Waals surface area contributed by atoms with Crippen molar-refractivity contribution in [3.8, 4) is 11.5 Å². The molecule has 2 aromatic rings. The van der Waals surface area contributed by atoms with Crippen LogP contribution in [0.2, 0.25) is 0 Å². The molecule has 24 heavy (non-hydrogen) atoms. The smallest absolute Gasteiger partial charge is 0.349 e. The summed E-state index contributed by atoms with van der Waals surface area (Å²) in [5, 5.41) is 0. The quantitative estimate of drug-likeness (QED) is 0.575. The van der Waals surface area contributed by atoms with E-state index < -0.39 is 11.9 Å². The van der Waals surface area contributed by atoms with E-state index in [9.17, 15) is 9.59 Å². The van der Waals surface area contributed by atoms with Gasteiger partial charge in [0, 0.05) is 0 Å². The summed E-state index contributed by atoms with van der Waals surface area (Å²) in [5.41, 5.74) is 0.413. The first-order valence-electron chi connectivity index (χ1n) is 7.70. The number of para-hydroxylation sites is 1. The average Bonchev–Trinajstić information content (AvgIpc) is 2.59. The van der Waals surface area contributed by atoms with Gasteiger partial charge in [-0.15, -0.1) is 0 Å². The summed E-state index contributed by atoms with van der Waals surface area (Å²) in [6.45, 7) is 4.11. The van der Waals surface area contributed by atoms with Gasteiger partial charge in [-0.2, -0.15) is 0 Å². The van der Waals surface area contributed by atoms with Gasteiger partial charge >= 0.3 is 11.9 Å². The van der Waals surface area contributed by atoms with Crippen LogP contribution in [0.4, 0.5) is 0 Å². The molecular weight excluding hydrogens is 308 g/mol. The van der Waals surface area contributed by atoms with Crippen molar-refractivity contribution in [2.24, 2.45) is 5.92 Å². The summed E-state index contributed by atoms with van der Waals surface area (Å²) in [6, 6.07) is 15.2. The predicted molar refractivity (Wildman–Crippen MR) is 89.1 cm³/mol. The van der Waals surface area contributed by atoms with Crippen LogP contribution in [0, 0.1) is 5.92 Å². The second-order valence-corrected chi connectivity index (χ2v) is 5.59. The Balaban J connectivity index is 1.82. The molecule has 0 aliphatic carbocycles. The average molecular weight is 328 g/mol. The second-order valence-electron chi connectivity index (χ2n) is 5.59. The summed E-state index contributed by atoms with van der Waals surface area (Å²) in [5.74, 6) is 0.302. The zero-order chi connectivity index (χ0) is 17.4. The largest absolute Gasteiger partial charge is 0.482 e. The van der Waals surface area contributed by atoms with Crippen molar-refractivity contribution in [3.63, 3.8) is 0 Å². The standard InChI is InChI=1S/C19H20O5/c1-14(2)12-23-19(21)15-8-10-17(11-9-15)24-18(20)13-22-16-6-4-3-5-7-16/h3-11,14H,12-13H2,1-2H3. The summed E-state index contributed by atoms with van der Waals surface area (Å²) < 4.78 is 15.6. The zero-order valence-corrected chi connectivity index (χ0v) is 13.7. The molecule has 5 nitrogen and oxygen atoms in total. The van der Waals surface area contributed by atoms with Crippen LogP contribution in [0.1, 0.15) is 24.2 Å². The fourth-order valence-electron chi connectivity index (χ4n) is 1.80. The lowest BCUT2D eigenvalue weighted by molar-refractivity contribution is -0.136. The molecule has 0 amide bonds. The van der Waals surface area contributed by atoms with Gasteiger partial charge in [-0.3, -0.25) is 0 Å². The van der Waals surface area contributed by atoms with Gasteiger partial charge in [0.25, 0.3) is 0 Å². The zero-order valence-electron chi connectivity index (χ0n) is 13.7. The third-order valence-corrected chi connectivity index (χ3v) is 2.97. The Bertz CT molecular complexity index is 662. The van der Waals surface area contributed by atoms with Gasteiger partial charge in [0.05, 0.1) is 12.2 Å². The molecule has 0 radical (unpaired) electrons. The van der Waals surface area contributed by atoms with Crippen molar-refractivity contribution in [2.45, 2.75) is 13.8 Å². The van der Waals surface area contributed by atoms with Gasteiger partial charge in [-0.05, 0) is 42.3 Å². The molecule has 5 heteroatoms. The predicted octanol–water partition coefficient (Wildman–Crippen LogP) is 3.48. The van der Waals surface area contributed by atoms with E-state index in [4.69, 9.17) is 14.2 Å². The Morgan fingerprint density at radius 1 is 0.917 bits per heavy atom. The van der Waals surface area contributed by atoms with Crippen molar-refractivity contribution in [3.05, 3.63) is 60.2 Å². The highest BCUT2D eigenvalue weighted by Gasteiger charge is 2.10. The maximum Gasteiger partial charge on any atom is 0.349 e. The molecule has 0 bridgehead atoms. The molecule has 0 spiro atoms. The minimum absolute atomic E-state index is 0.192. The number of rotatable bonds is 7. The Morgan fingerprint density at radius 2 is 1.58 bits per heavy atom. The summed E-state index contributed by atoms with van der Waals surface area (Å²) in [7, 11) is 0. The molecule has 0 saturated carbocycles. The van der Waals surface area contributed by atoms with Crippen molar-refractivity contribution in [1.29, 1.82) is 0 Å². The molecule has 0 aliphatic heterocycles. The van der Waals surface area contributed by atoms with Crippen molar-refractivity contribution in [2.75, 3.05) is 13.2 Å². The molecule has 0 saturated heterocycles. The minimum atomic E-state index is -0.519. The molecule has 0 atom stereocenters.